The van der Waals surface area contributed by atoms with Gasteiger partial charge in [-0.1, -0.05) is 30.3 Å². The molecular weight excluding hydrogens is 442 g/mol. The molecule has 2 aromatic carbocycles. The fraction of sp³-hybridized carbons (Fsp3) is 0.417. The largest absolute Gasteiger partial charge is 0.467 e. The third kappa shape index (κ3) is 6.92. The molecule has 0 aromatic heterocycles. The number of rotatable bonds is 10. The zero-order valence-corrected chi connectivity index (χ0v) is 20.2. The van der Waals surface area contributed by atoms with Crippen molar-refractivity contribution < 1.29 is 14.3 Å². The SMILES string of the molecule is COC(=O)[C@H](CCSC)NC(=O)c1cc(NC[C@@H]2C[C@H](S)CN2)cc(-c2ccccc2)c1. The van der Waals surface area contributed by atoms with E-state index < -0.39 is 12.0 Å². The van der Waals surface area contributed by atoms with Crippen LogP contribution in [-0.2, 0) is 9.53 Å². The van der Waals surface area contributed by atoms with Crippen LogP contribution in [0.3, 0.4) is 0 Å². The third-order valence-corrected chi connectivity index (χ3v) is 6.49. The Morgan fingerprint density at radius 3 is 2.66 bits per heavy atom. The fourth-order valence-electron chi connectivity index (χ4n) is 3.72. The van der Waals surface area contributed by atoms with E-state index in [9.17, 15) is 9.59 Å². The van der Waals surface area contributed by atoms with Crippen LogP contribution in [0, 0.1) is 0 Å². The van der Waals surface area contributed by atoms with Gasteiger partial charge in [0, 0.05) is 35.6 Å². The highest BCUT2D eigenvalue weighted by Gasteiger charge is 2.23. The molecule has 1 aliphatic heterocycles. The second kappa shape index (κ2) is 12.2. The Morgan fingerprint density at radius 1 is 1.22 bits per heavy atom. The summed E-state index contributed by atoms with van der Waals surface area (Å²) in [5.41, 5.74) is 3.32. The van der Waals surface area contributed by atoms with Crippen LogP contribution in [0.4, 0.5) is 5.69 Å². The summed E-state index contributed by atoms with van der Waals surface area (Å²) in [5, 5.41) is 10.1. The number of carbonyl (C=O) groups excluding carboxylic acids is 2. The van der Waals surface area contributed by atoms with Crippen molar-refractivity contribution in [2.75, 3.05) is 37.5 Å². The van der Waals surface area contributed by atoms with Gasteiger partial charge in [0.05, 0.1) is 7.11 Å². The molecule has 1 saturated heterocycles. The molecule has 3 rings (SSSR count). The van der Waals surface area contributed by atoms with Gasteiger partial charge < -0.3 is 20.7 Å². The maximum atomic E-state index is 13.1. The van der Waals surface area contributed by atoms with Gasteiger partial charge in [0.15, 0.2) is 0 Å². The minimum absolute atomic E-state index is 0.295. The van der Waals surface area contributed by atoms with Gasteiger partial charge in [-0.15, -0.1) is 0 Å². The fourth-order valence-corrected chi connectivity index (χ4v) is 4.55. The molecule has 1 aliphatic rings. The summed E-state index contributed by atoms with van der Waals surface area (Å²) in [6.45, 7) is 1.65. The van der Waals surface area contributed by atoms with Crippen LogP contribution in [-0.4, -0.2) is 61.4 Å². The molecule has 0 aliphatic carbocycles. The van der Waals surface area contributed by atoms with Crippen LogP contribution < -0.4 is 16.0 Å². The van der Waals surface area contributed by atoms with Gasteiger partial charge >= 0.3 is 5.97 Å². The standard InChI is InChI=1S/C24H31N3O3S2/c1-30-24(29)22(8-9-32-2)27-23(28)18-10-17(16-6-4-3-5-7-16)11-19(12-18)25-14-20-13-21(31)15-26-20/h3-7,10-12,20-22,25-26,31H,8-9,13-15H2,1-2H3,(H,27,28)/t20-,21-,22-/m0/s1. The van der Waals surface area contributed by atoms with E-state index in [1.807, 2.05) is 54.8 Å². The van der Waals surface area contributed by atoms with Gasteiger partial charge in [-0.2, -0.15) is 24.4 Å². The maximum Gasteiger partial charge on any atom is 0.328 e. The Morgan fingerprint density at radius 2 is 2.00 bits per heavy atom. The number of benzene rings is 2. The average molecular weight is 474 g/mol. The van der Waals surface area contributed by atoms with E-state index in [-0.39, 0.29) is 5.91 Å². The Labute approximate surface area is 199 Å². The molecule has 172 valence electrons. The Bertz CT molecular complexity index is 911. The Hall–Kier alpha value is -2.16. The number of thiol groups is 1. The quantitative estimate of drug-likeness (QED) is 0.313. The molecule has 0 radical (unpaired) electrons. The predicted molar refractivity (Wildman–Crippen MR) is 136 cm³/mol. The van der Waals surface area contributed by atoms with Gasteiger partial charge in [-0.25, -0.2) is 4.79 Å². The molecule has 0 saturated carbocycles. The molecule has 0 bridgehead atoms. The van der Waals surface area contributed by atoms with Gasteiger partial charge in [-0.05, 0) is 54.2 Å². The van der Waals surface area contributed by atoms with E-state index in [0.717, 1.165) is 42.1 Å². The lowest BCUT2D eigenvalue weighted by atomic mass is 10.0. The third-order valence-electron chi connectivity index (χ3n) is 5.46. The monoisotopic (exact) mass is 473 g/mol. The maximum absolute atomic E-state index is 13.1. The molecule has 0 unspecified atom stereocenters. The molecule has 8 heteroatoms. The number of amides is 1. The van der Waals surface area contributed by atoms with Crippen LogP contribution in [0.25, 0.3) is 11.1 Å². The van der Waals surface area contributed by atoms with E-state index in [0.29, 0.717) is 23.3 Å². The molecule has 1 amide bonds. The summed E-state index contributed by atoms with van der Waals surface area (Å²) in [5.74, 6) is 0.0209. The first-order valence-corrected chi connectivity index (χ1v) is 12.6. The van der Waals surface area contributed by atoms with E-state index in [2.05, 4.69) is 28.6 Å². The van der Waals surface area contributed by atoms with E-state index in [4.69, 9.17) is 4.74 Å². The number of esters is 1. The second-order valence-corrected chi connectivity index (χ2v) is 9.59. The first kappa shape index (κ1) is 24.5. The summed E-state index contributed by atoms with van der Waals surface area (Å²) in [6, 6.07) is 15.3. The number of anilines is 1. The van der Waals surface area contributed by atoms with E-state index in [1.54, 1.807) is 11.8 Å². The topological polar surface area (TPSA) is 79.5 Å². The zero-order chi connectivity index (χ0) is 22.9. The molecule has 1 heterocycles. The van der Waals surface area contributed by atoms with Crippen LogP contribution in [0.2, 0.25) is 0 Å². The number of thioether (sulfide) groups is 1. The molecule has 1 fully saturated rings. The molecule has 6 nitrogen and oxygen atoms in total. The number of hydrogen-bond donors (Lipinski definition) is 4. The Balaban J connectivity index is 1.82. The first-order valence-electron chi connectivity index (χ1n) is 10.7. The summed E-state index contributed by atoms with van der Waals surface area (Å²) in [4.78, 5) is 25.2. The average Bonchev–Trinajstić information content (AvgIpc) is 3.25. The minimum Gasteiger partial charge on any atom is -0.467 e. The zero-order valence-electron chi connectivity index (χ0n) is 18.5. The first-order chi connectivity index (χ1) is 15.5. The molecule has 0 spiro atoms. The summed E-state index contributed by atoms with van der Waals surface area (Å²) >= 11 is 6.16. The van der Waals surface area contributed by atoms with Crippen molar-refractivity contribution >= 4 is 42.0 Å². The smallest absolute Gasteiger partial charge is 0.328 e. The predicted octanol–water partition coefficient (Wildman–Crippen LogP) is 3.45. The van der Waals surface area contributed by atoms with E-state index >= 15 is 0 Å². The lowest BCUT2D eigenvalue weighted by Crippen LogP contribution is -2.42. The second-order valence-electron chi connectivity index (χ2n) is 7.87. The van der Waals surface area contributed by atoms with Crippen molar-refractivity contribution in [2.45, 2.75) is 30.2 Å². The van der Waals surface area contributed by atoms with Gasteiger partial charge in [0.1, 0.15) is 6.04 Å². The lowest BCUT2D eigenvalue weighted by Gasteiger charge is -2.18. The number of ether oxygens (including phenoxy) is 1. The number of carbonyl (C=O) groups is 2. The van der Waals surface area contributed by atoms with E-state index in [1.165, 1.54) is 7.11 Å². The highest BCUT2D eigenvalue weighted by molar-refractivity contribution is 7.98. The van der Waals surface area contributed by atoms with Crippen LogP contribution in [0.1, 0.15) is 23.2 Å². The highest BCUT2D eigenvalue weighted by Crippen LogP contribution is 2.25. The van der Waals surface area contributed by atoms with Crippen molar-refractivity contribution in [3.05, 3.63) is 54.1 Å². The number of methoxy groups -OCH3 is 1. The van der Waals surface area contributed by atoms with Gasteiger partial charge in [-0.3, -0.25) is 4.79 Å². The minimum atomic E-state index is -0.674. The summed E-state index contributed by atoms with van der Waals surface area (Å²) < 4.78 is 4.88. The van der Waals surface area contributed by atoms with Gasteiger partial charge in [0.2, 0.25) is 0 Å². The molecular formula is C24H31N3O3S2. The summed E-state index contributed by atoms with van der Waals surface area (Å²) in [6.07, 6.45) is 3.48. The van der Waals surface area contributed by atoms with Crippen LogP contribution in [0.15, 0.2) is 48.5 Å². The van der Waals surface area contributed by atoms with Crippen molar-refractivity contribution in [1.29, 1.82) is 0 Å². The lowest BCUT2D eigenvalue weighted by molar-refractivity contribution is -0.142. The van der Waals surface area contributed by atoms with Crippen molar-refractivity contribution in [3.63, 3.8) is 0 Å². The Kier molecular flexibility index (Phi) is 9.32. The number of nitrogens with one attached hydrogen (secondary N) is 3. The molecule has 3 N–H and O–H groups in total. The molecule has 32 heavy (non-hydrogen) atoms. The normalized spacial score (nSPS) is 18.7. The molecule has 3 atom stereocenters. The summed E-state index contributed by atoms with van der Waals surface area (Å²) in [7, 11) is 1.34. The number of hydrogen-bond acceptors (Lipinski definition) is 7. The molecule has 2 aromatic rings. The highest BCUT2D eigenvalue weighted by atomic mass is 32.2. The van der Waals surface area contributed by atoms with Crippen LogP contribution in [0.5, 0.6) is 0 Å². The van der Waals surface area contributed by atoms with Crippen molar-refractivity contribution in [2.24, 2.45) is 0 Å². The van der Waals surface area contributed by atoms with Crippen molar-refractivity contribution in [1.82, 2.24) is 10.6 Å². The van der Waals surface area contributed by atoms with Crippen molar-refractivity contribution in [3.8, 4) is 11.1 Å². The van der Waals surface area contributed by atoms with Crippen LogP contribution >= 0.6 is 24.4 Å². The van der Waals surface area contributed by atoms with Gasteiger partial charge in [0.25, 0.3) is 5.91 Å².